The summed E-state index contributed by atoms with van der Waals surface area (Å²) in [4.78, 5) is 15.4. The number of aromatic nitrogens is 1. The number of aliphatic carboxylic acids is 1. The van der Waals surface area contributed by atoms with E-state index >= 15 is 0 Å². The number of nitrogens with zero attached hydrogens (tertiary/aromatic N) is 1. The maximum absolute atomic E-state index is 10.8. The summed E-state index contributed by atoms with van der Waals surface area (Å²) in [5.74, 6) is -0.748. The van der Waals surface area contributed by atoms with Gasteiger partial charge >= 0.3 is 5.97 Å². The molecule has 0 aliphatic carbocycles. The van der Waals surface area contributed by atoms with E-state index in [-0.39, 0.29) is 17.3 Å². The topological polar surface area (TPSA) is 50.2 Å². The van der Waals surface area contributed by atoms with Crippen LogP contribution in [-0.4, -0.2) is 16.1 Å². The Morgan fingerprint density at radius 3 is 2.35 bits per heavy atom. The van der Waals surface area contributed by atoms with Crippen LogP contribution in [0.3, 0.4) is 0 Å². The normalized spacial score (nSPS) is 12.8. The molecule has 0 fully saturated rings. The van der Waals surface area contributed by atoms with Crippen molar-refractivity contribution in [1.29, 1.82) is 0 Å². The number of carbonyl (C=O) groups is 1. The molecule has 4 heteroatoms. The summed E-state index contributed by atoms with van der Waals surface area (Å²) in [7, 11) is 0. The Morgan fingerprint density at radius 2 is 1.94 bits per heavy atom. The molecular weight excluding hydrogens is 234 g/mol. The summed E-state index contributed by atoms with van der Waals surface area (Å²) in [5.41, 5.74) is 0.911. The first-order valence-corrected chi connectivity index (χ1v) is 6.65. The first-order chi connectivity index (χ1) is 7.60. The van der Waals surface area contributed by atoms with Crippen molar-refractivity contribution < 1.29 is 9.90 Å². The quantitative estimate of drug-likeness (QED) is 0.896. The Hall–Kier alpha value is -0.900. The average molecular weight is 255 g/mol. The monoisotopic (exact) mass is 255 g/mol. The molecule has 0 unspecified atom stereocenters. The van der Waals surface area contributed by atoms with Crippen molar-refractivity contribution in [2.75, 3.05) is 0 Å². The average Bonchev–Trinajstić information content (AvgIpc) is 2.47. The molecule has 1 aromatic rings. The van der Waals surface area contributed by atoms with Crippen LogP contribution in [0.25, 0.3) is 0 Å². The highest BCUT2D eigenvalue weighted by Crippen LogP contribution is 2.30. The molecule has 0 aromatic carbocycles. The molecule has 0 amide bonds. The standard InChI is InChI=1S/C13H21NO2S/c1-12(2,3)9-8-17-10(14-9)6-13(4,5)7-11(15)16/h8H,6-7H2,1-5H3,(H,15,16). The first-order valence-electron chi connectivity index (χ1n) is 5.77. The van der Waals surface area contributed by atoms with Crippen LogP contribution in [0, 0.1) is 5.41 Å². The van der Waals surface area contributed by atoms with Crippen LogP contribution in [0.4, 0.5) is 0 Å². The third-order valence-corrected chi connectivity index (χ3v) is 3.43. The van der Waals surface area contributed by atoms with Gasteiger partial charge in [0.05, 0.1) is 17.1 Å². The van der Waals surface area contributed by atoms with Crippen LogP contribution < -0.4 is 0 Å². The van der Waals surface area contributed by atoms with Crippen molar-refractivity contribution >= 4 is 17.3 Å². The van der Waals surface area contributed by atoms with Crippen molar-refractivity contribution in [3.8, 4) is 0 Å². The summed E-state index contributed by atoms with van der Waals surface area (Å²) >= 11 is 1.63. The van der Waals surface area contributed by atoms with Gasteiger partial charge in [0.25, 0.3) is 0 Å². The van der Waals surface area contributed by atoms with Gasteiger partial charge in [-0.05, 0) is 5.41 Å². The lowest BCUT2D eigenvalue weighted by Gasteiger charge is -2.20. The molecule has 1 heterocycles. The van der Waals surface area contributed by atoms with Gasteiger partial charge in [0.15, 0.2) is 0 Å². The molecule has 0 spiro atoms. The van der Waals surface area contributed by atoms with Crippen LogP contribution in [0.1, 0.15) is 51.7 Å². The molecule has 0 saturated carbocycles. The van der Waals surface area contributed by atoms with Crippen LogP contribution >= 0.6 is 11.3 Å². The van der Waals surface area contributed by atoms with E-state index in [1.165, 1.54) is 0 Å². The summed E-state index contributed by atoms with van der Waals surface area (Å²) < 4.78 is 0. The molecule has 0 radical (unpaired) electrons. The molecule has 0 atom stereocenters. The number of hydrogen-bond donors (Lipinski definition) is 1. The van der Waals surface area contributed by atoms with Crippen LogP contribution in [0.2, 0.25) is 0 Å². The molecule has 1 rings (SSSR count). The number of thiazole rings is 1. The lowest BCUT2D eigenvalue weighted by atomic mass is 9.86. The number of carboxylic acids is 1. The molecule has 1 aromatic heterocycles. The van der Waals surface area contributed by atoms with E-state index in [9.17, 15) is 4.79 Å². The Balaban J connectivity index is 2.76. The molecule has 3 nitrogen and oxygen atoms in total. The van der Waals surface area contributed by atoms with E-state index in [1.807, 2.05) is 13.8 Å². The zero-order valence-corrected chi connectivity index (χ0v) is 12.0. The van der Waals surface area contributed by atoms with Crippen molar-refractivity contribution in [3.05, 3.63) is 16.1 Å². The highest BCUT2D eigenvalue weighted by Gasteiger charge is 2.25. The minimum Gasteiger partial charge on any atom is -0.481 e. The van der Waals surface area contributed by atoms with Crippen molar-refractivity contribution in [1.82, 2.24) is 4.98 Å². The van der Waals surface area contributed by atoms with Gasteiger partial charge < -0.3 is 5.11 Å². The van der Waals surface area contributed by atoms with Gasteiger partial charge in [-0.25, -0.2) is 4.98 Å². The largest absolute Gasteiger partial charge is 0.481 e. The van der Waals surface area contributed by atoms with E-state index in [1.54, 1.807) is 11.3 Å². The van der Waals surface area contributed by atoms with Gasteiger partial charge in [0.1, 0.15) is 0 Å². The van der Waals surface area contributed by atoms with E-state index in [4.69, 9.17) is 5.11 Å². The van der Waals surface area contributed by atoms with Crippen LogP contribution in [0.5, 0.6) is 0 Å². The summed E-state index contributed by atoms with van der Waals surface area (Å²) in [6.45, 7) is 10.3. The van der Waals surface area contributed by atoms with Crippen molar-refractivity contribution in [3.63, 3.8) is 0 Å². The maximum Gasteiger partial charge on any atom is 0.303 e. The lowest BCUT2D eigenvalue weighted by molar-refractivity contribution is -0.139. The van der Waals surface area contributed by atoms with Crippen molar-refractivity contribution in [2.24, 2.45) is 5.41 Å². The molecule has 0 saturated heterocycles. The minimum absolute atomic E-state index is 0.0612. The second-order valence-corrected chi connectivity index (χ2v) is 7.23. The fraction of sp³-hybridized carbons (Fsp3) is 0.692. The Kier molecular flexibility index (Phi) is 3.97. The van der Waals surface area contributed by atoms with Gasteiger partial charge in [0.2, 0.25) is 0 Å². The smallest absolute Gasteiger partial charge is 0.303 e. The minimum atomic E-state index is -0.748. The number of rotatable bonds is 4. The molecule has 17 heavy (non-hydrogen) atoms. The highest BCUT2D eigenvalue weighted by molar-refractivity contribution is 7.09. The zero-order chi connectivity index (χ0) is 13.3. The van der Waals surface area contributed by atoms with Gasteiger partial charge in [-0.3, -0.25) is 4.79 Å². The van der Waals surface area contributed by atoms with Crippen LogP contribution in [-0.2, 0) is 16.6 Å². The number of carboxylic acid groups (broad SMARTS) is 1. The molecular formula is C13H21NO2S. The third kappa shape index (κ3) is 4.46. The number of hydrogen-bond acceptors (Lipinski definition) is 3. The second-order valence-electron chi connectivity index (χ2n) is 6.29. The maximum atomic E-state index is 10.8. The highest BCUT2D eigenvalue weighted by atomic mass is 32.1. The Morgan fingerprint density at radius 1 is 1.35 bits per heavy atom. The SMILES string of the molecule is CC(C)(CC(=O)O)Cc1nc(C(C)(C)C)cs1. The Bertz CT molecular complexity index is 402. The van der Waals surface area contributed by atoms with Gasteiger partial charge in [-0.2, -0.15) is 0 Å². The first kappa shape index (κ1) is 14.2. The lowest BCUT2D eigenvalue weighted by Crippen LogP contribution is -2.20. The van der Waals surface area contributed by atoms with E-state index in [2.05, 4.69) is 31.1 Å². The predicted molar refractivity (Wildman–Crippen MR) is 70.6 cm³/mol. The Labute approximate surface area is 107 Å². The van der Waals surface area contributed by atoms with E-state index in [0.717, 1.165) is 17.1 Å². The predicted octanol–water partition coefficient (Wildman–Crippen LogP) is 3.48. The van der Waals surface area contributed by atoms with Gasteiger partial charge in [-0.15, -0.1) is 11.3 Å². The molecule has 0 aliphatic rings. The fourth-order valence-corrected chi connectivity index (χ4v) is 2.90. The molecule has 0 aliphatic heterocycles. The fourth-order valence-electron chi connectivity index (χ4n) is 1.62. The van der Waals surface area contributed by atoms with E-state index in [0.29, 0.717) is 0 Å². The summed E-state index contributed by atoms with van der Waals surface area (Å²) in [6, 6.07) is 0. The molecule has 96 valence electrons. The van der Waals surface area contributed by atoms with Crippen LogP contribution in [0.15, 0.2) is 5.38 Å². The zero-order valence-electron chi connectivity index (χ0n) is 11.2. The van der Waals surface area contributed by atoms with Gasteiger partial charge in [0, 0.05) is 17.2 Å². The van der Waals surface area contributed by atoms with Crippen molar-refractivity contribution in [2.45, 2.75) is 52.9 Å². The molecule has 1 N–H and O–H groups in total. The summed E-state index contributed by atoms with van der Waals surface area (Å²) in [6.07, 6.45) is 0.900. The molecule has 0 bridgehead atoms. The summed E-state index contributed by atoms with van der Waals surface area (Å²) in [5, 5.41) is 11.9. The third-order valence-electron chi connectivity index (χ3n) is 2.58. The van der Waals surface area contributed by atoms with Gasteiger partial charge in [-0.1, -0.05) is 34.6 Å². The second kappa shape index (κ2) is 4.77. The van der Waals surface area contributed by atoms with E-state index < -0.39 is 5.97 Å².